The summed E-state index contributed by atoms with van der Waals surface area (Å²) in [6.45, 7) is 0.189. The van der Waals surface area contributed by atoms with Crippen LogP contribution in [0, 0.1) is 0 Å². The van der Waals surface area contributed by atoms with Crippen molar-refractivity contribution in [2.24, 2.45) is 0 Å². The number of hydrogen-bond acceptors (Lipinski definition) is 8. The van der Waals surface area contributed by atoms with Crippen molar-refractivity contribution in [1.29, 1.82) is 0 Å². The van der Waals surface area contributed by atoms with Gasteiger partial charge in [-0.25, -0.2) is 0 Å². The third-order valence-corrected chi connectivity index (χ3v) is 7.22. The van der Waals surface area contributed by atoms with E-state index in [1.54, 1.807) is 0 Å². The summed E-state index contributed by atoms with van der Waals surface area (Å²) in [6.07, 6.45) is 0.349. The van der Waals surface area contributed by atoms with Crippen LogP contribution in [0.2, 0.25) is 0 Å². The van der Waals surface area contributed by atoms with Crippen LogP contribution in [0.1, 0.15) is 5.56 Å². The standard InChI is InChI=1S/C26H22N4O4S2/c31-23(15-35-19-9-5-2-6-10-19)27-20(13-17-7-3-1-4-8-17)24(32)28-26-30-29-25(36-26)18-11-12-21-22(14-18)34-16-33-21/h1-12,14,20H,13,15-16H2,(H,27,31)(H,28,30,32). The van der Waals surface area contributed by atoms with Crippen LogP contribution in [0.15, 0.2) is 83.8 Å². The topological polar surface area (TPSA) is 102 Å². The number of ether oxygens (including phenoxy) is 2. The highest BCUT2D eigenvalue weighted by Crippen LogP contribution is 2.37. The third-order valence-electron chi connectivity index (χ3n) is 5.32. The summed E-state index contributed by atoms with van der Waals surface area (Å²) >= 11 is 2.66. The highest BCUT2D eigenvalue weighted by Gasteiger charge is 2.23. The maximum absolute atomic E-state index is 13.2. The molecule has 1 unspecified atom stereocenters. The molecule has 2 N–H and O–H groups in total. The van der Waals surface area contributed by atoms with Crippen molar-refractivity contribution in [3.05, 3.63) is 84.4 Å². The van der Waals surface area contributed by atoms with E-state index in [0.29, 0.717) is 28.1 Å². The summed E-state index contributed by atoms with van der Waals surface area (Å²) < 4.78 is 10.8. The Balaban J connectivity index is 1.26. The fourth-order valence-corrected chi connectivity index (χ4v) is 5.05. The average Bonchev–Trinajstić information content (AvgIpc) is 3.57. The van der Waals surface area contributed by atoms with E-state index in [-0.39, 0.29) is 24.4 Å². The van der Waals surface area contributed by atoms with E-state index < -0.39 is 6.04 Å². The van der Waals surface area contributed by atoms with Gasteiger partial charge in [-0.1, -0.05) is 59.9 Å². The first kappa shape index (κ1) is 23.8. The zero-order valence-corrected chi connectivity index (χ0v) is 20.7. The molecule has 5 rings (SSSR count). The first-order chi connectivity index (χ1) is 17.6. The zero-order valence-electron chi connectivity index (χ0n) is 19.0. The van der Waals surface area contributed by atoms with Crippen LogP contribution in [0.5, 0.6) is 11.5 Å². The Morgan fingerprint density at radius 3 is 2.50 bits per heavy atom. The average molecular weight is 519 g/mol. The Hall–Kier alpha value is -3.89. The number of nitrogens with one attached hydrogen (secondary N) is 2. The minimum atomic E-state index is -0.769. The molecule has 4 aromatic rings. The Kier molecular flexibility index (Phi) is 7.44. The number of fused-ring (bicyclic) bond motifs is 1. The Morgan fingerprint density at radius 1 is 0.944 bits per heavy atom. The number of hydrogen-bond donors (Lipinski definition) is 2. The number of benzene rings is 3. The van der Waals surface area contributed by atoms with E-state index in [1.807, 2.05) is 78.9 Å². The number of nitrogens with zero attached hydrogens (tertiary/aromatic N) is 2. The van der Waals surface area contributed by atoms with Crippen LogP contribution in [0.25, 0.3) is 10.6 Å². The van der Waals surface area contributed by atoms with E-state index in [1.165, 1.54) is 23.1 Å². The van der Waals surface area contributed by atoms with Gasteiger partial charge in [-0.05, 0) is 35.9 Å². The number of amides is 2. The number of rotatable bonds is 9. The smallest absolute Gasteiger partial charge is 0.249 e. The van der Waals surface area contributed by atoms with Crippen LogP contribution < -0.4 is 20.1 Å². The van der Waals surface area contributed by atoms with Crippen LogP contribution in [-0.4, -0.2) is 40.6 Å². The van der Waals surface area contributed by atoms with Crippen molar-refractivity contribution < 1.29 is 19.1 Å². The molecule has 182 valence electrons. The van der Waals surface area contributed by atoms with Gasteiger partial charge in [0.05, 0.1) is 5.75 Å². The van der Waals surface area contributed by atoms with Crippen LogP contribution in [0.3, 0.4) is 0 Å². The Labute approximate surface area is 216 Å². The van der Waals surface area contributed by atoms with Crippen LogP contribution in [0.4, 0.5) is 5.13 Å². The molecule has 10 heteroatoms. The molecule has 2 heterocycles. The summed E-state index contributed by atoms with van der Waals surface area (Å²) in [5.41, 5.74) is 1.75. The van der Waals surface area contributed by atoms with Gasteiger partial charge in [-0.2, -0.15) is 0 Å². The van der Waals surface area contributed by atoms with Gasteiger partial charge in [-0.15, -0.1) is 22.0 Å². The first-order valence-corrected chi connectivity index (χ1v) is 13.0. The molecule has 0 saturated carbocycles. The summed E-state index contributed by atoms with van der Waals surface area (Å²) in [4.78, 5) is 26.9. The van der Waals surface area contributed by atoms with Crippen molar-refractivity contribution in [2.75, 3.05) is 17.9 Å². The van der Waals surface area contributed by atoms with Gasteiger partial charge in [0.1, 0.15) is 11.0 Å². The maximum atomic E-state index is 13.2. The molecule has 0 spiro atoms. The van der Waals surface area contributed by atoms with Crippen LogP contribution >= 0.6 is 23.1 Å². The Bertz CT molecular complexity index is 1350. The Morgan fingerprint density at radius 2 is 1.69 bits per heavy atom. The lowest BCUT2D eigenvalue weighted by Gasteiger charge is -2.18. The summed E-state index contributed by atoms with van der Waals surface area (Å²) in [6, 6.07) is 24.0. The lowest BCUT2D eigenvalue weighted by Crippen LogP contribution is -2.46. The third kappa shape index (κ3) is 6.02. The van der Waals surface area contributed by atoms with E-state index in [0.717, 1.165) is 16.0 Å². The van der Waals surface area contributed by atoms with Gasteiger partial charge in [0, 0.05) is 16.9 Å². The van der Waals surface area contributed by atoms with Crippen molar-refractivity contribution in [3.63, 3.8) is 0 Å². The van der Waals surface area contributed by atoms with Crippen molar-refractivity contribution in [3.8, 4) is 22.1 Å². The highest BCUT2D eigenvalue weighted by molar-refractivity contribution is 8.00. The molecule has 36 heavy (non-hydrogen) atoms. The van der Waals surface area contributed by atoms with Gasteiger partial charge in [0.15, 0.2) is 11.5 Å². The SMILES string of the molecule is O=C(CSc1ccccc1)NC(Cc1ccccc1)C(=O)Nc1nnc(-c2ccc3c(c2)OCO3)s1. The fraction of sp³-hybridized carbons (Fsp3) is 0.154. The van der Waals surface area contributed by atoms with Crippen molar-refractivity contribution in [1.82, 2.24) is 15.5 Å². The first-order valence-electron chi connectivity index (χ1n) is 11.2. The van der Waals surface area contributed by atoms with E-state index in [9.17, 15) is 9.59 Å². The van der Waals surface area contributed by atoms with E-state index in [2.05, 4.69) is 20.8 Å². The van der Waals surface area contributed by atoms with Crippen molar-refractivity contribution in [2.45, 2.75) is 17.4 Å². The molecule has 2 amide bonds. The second-order valence-electron chi connectivity index (χ2n) is 7.88. The normalized spacial score (nSPS) is 12.7. The van der Waals surface area contributed by atoms with E-state index >= 15 is 0 Å². The zero-order chi connectivity index (χ0) is 24.7. The molecule has 0 aliphatic carbocycles. The molecule has 1 aliphatic heterocycles. The molecule has 1 atom stereocenters. The largest absolute Gasteiger partial charge is 0.454 e. The number of aromatic nitrogens is 2. The minimum absolute atomic E-state index is 0.189. The predicted octanol–water partition coefficient (Wildman–Crippen LogP) is 4.39. The fourth-order valence-electron chi connectivity index (χ4n) is 3.57. The molecular formula is C26H22N4O4S2. The lowest BCUT2D eigenvalue weighted by atomic mass is 10.1. The van der Waals surface area contributed by atoms with Gasteiger partial charge < -0.3 is 14.8 Å². The quantitative estimate of drug-likeness (QED) is 0.317. The summed E-state index contributed by atoms with van der Waals surface area (Å²) in [5, 5.41) is 15.0. The number of carbonyl (C=O) groups is 2. The molecular weight excluding hydrogens is 496 g/mol. The molecule has 1 aromatic heterocycles. The highest BCUT2D eigenvalue weighted by atomic mass is 32.2. The van der Waals surface area contributed by atoms with Gasteiger partial charge in [-0.3, -0.25) is 14.9 Å². The molecule has 0 fully saturated rings. The van der Waals surface area contributed by atoms with Gasteiger partial charge in [0.25, 0.3) is 0 Å². The molecule has 1 aliphatic rings. The monoisotopic (exact) mass is 518 g/mol. The second-order valence-corrected chi connectivity index (χ2v) is 9.91. The summed E-state index contributed by atoms with van der Waals surface area (Å²) in [5.74, 6) is 0.952. The maximum Gasteiger partial charge on any atom is 0.249 e. The molecule has 0 radical (unpaired) electrons. The molecule has 3 aromatic carbocycles. The second kappa shape index (κ2) is 11.2. The van der Waals surface area contributed by atoms with Crippen molar-refractivity contribution >= 4 is 40.0 Å². The number of thioether (sulfide) groups is 1. The number of carbonyl (C=O) groups excluding carboxylic acids is 2. The molecule has 0 saturated heterocycles. The summed E-state index contributed by atoms with van der Waals surface area (Å²) in [7, 11) is 0. The molecule has 8 nitrogen and oxygen atoms in total. The minimum Gasteiger partial charge on any atom is -0.454 e. The van der Waals surface area contributed by atoms with Crippen LogP contribution in [-0.2, 0) is 16.0 Å². The predicted molar refractivity (Wildman–Crippen MR) is 139 cm³/mol. The molecule has 0 bridgehead atoms. The number of anilines is 1. The van der Waals surface area contributed by atoms with Gasteiger partial charge in [0.2, 0.25) is 23.7 Å². The lowest BCUT2D eigenvalue weighted by molar-refractivity contribution is -0.124. The van der Waals surface area contributed by atoms with Gasteiger partial charge >= 0.3 is 0 Å². The van der Waals surface area contributed by atoms with E-state index in [4.69, 9.17) is 9.47 Å².